The SMILES string of the molecule is COc1ccc(C2=CC(C)(c3noc(-c4ccc(Cl)c(Cl)c4)n3)ON2)cc1OC1CCCC1. The van der Waals surface area contributed by atoms with Crippen molar-refractivity contribution in [3.63, 3.8) is 0 Å². The molecule has 1 fully saturated rings. The van der Waals surface area contributed by atoms with Gasteiger partial charge in [-0.05, 0) is 75.1 Å². The summed E-state index contributed by atoms with van der Waals surface area (Å²) in [6.45, 7) is 1.86. The van der Waals surface area contributed by atoms with Crippen LogP contribution < -0.4 is 15.0 Å². The highest BCUT2D eigenvalue weighted by atomic mass is 35.5. The lowest BCUT2D eigenvalue weighted by atomic mass is 10.0. The number of benzene rings is 2. The Morgan fingerprint density at radius 3 is 2.58 bits per heavy atom. The molecule has 0 saturated heterocycles. The molecule has 0 amide bonds. The molecule has 172 valence electrons. The number of nitrogens with zero attached hydrogens (tertiary/aromatic N) is 2. The molecule has 1 N–H and O–H groups in total. The molecule has 1 saturated carbocycles. The fourth-order valence-electron chi connectivity index (χ4n) is 4.04. The molecule has 33 heavy (non-hydrogen) atoms. The van der Waals surface area contributed by atoms with Crippen LogP contribution in [0.1, 0.15) is 44.0 Å². The molecule has 5 rings (SSSR count). The van der Waals surface area contributed by atoms with E-state index in [1.54, 1.807) is 25.3 Å². The summed E-state index contributed by atoms with van der Waals surface area (Å²) < 4.78 is 17.2. The summed E-state index contributed by atoms with van der Waals surface area (Å²) in [5.74, 6) is 2.13. The fourth-order valence-corrected chi connectivity index (χ4v) is 4.34. The molecule has 0 bridgehead atoms. The van der Waals surface area contributed by atoms with Crippen molar-refractivity contribution in [1.29, 1.82) is 0 Å². The first-order valence-electron chi connectivity index (χ1n) is 10.8. The lowest BCUT2D eigenvalue weighted by Gasteiger charge is -2.17. The fraction of sp³-hybridized carbons (Fsp3) is 0.333. The predicted molar refractivity (Wildman–Crippen MR) is 125 cm³/mol. The number of hydrogen-bond acceptors (Lipinski definition) is 7. The Bertz CT molecular complexity index is 1210. The van der Waals surface area contributed by atoms with Crippen LogP contribution in [-0.4, -0.2) is 23.4 Å². The summed E-state index contributed by atoms with van der Waals surface area (Å²) in [5, 5.41) is 4.99. The van der Waals surface area contributed by atoms with Crippen LogP contribution in [0.4, 0.5) is 0 Å². The summed E-state index contributed by atoms with van der Waals surface area (Å²) in [5.41, 5.74) is 4.41. The maximum atomic E-state index is 6.22. The van der Waals surface area contributed by atoms with Gasteiger partial charge in [0.25, 0.3) is 5.89 Å². The van der Waals surface area contributed by atoms with Crippen molar-refractivity contribution in [3.8, 4) is 23.0 Å². The number of hydrogen-bond donors (Lipinski definition) is 1. The van der Waals surface area contributed by atoms with Crippen molar-refractivity contribution in [3.05, 3.63) is 63.9 Å². The smallest absolute Gasteiger partial charge is 0.258 e. The second-order valence-electron chi connectivity index (χ2n) is 8.31. The van der Waals surface area contributed by atoms with Gasteiger partial charge in [-0.2, -0.15) is 4.98 Å². The number of rotatable bonds is 6. The molecule has 1 atom stereocenters. The minimum absolute atomic E-state index is 0.223. The van der Waals surface area contributed by atoms with Crippen molar-refractivity contribution in [2.24, 2.45) is 0 Å². The van der Waals surface area contributed by atoms with E-state index in [4.69, 9.17) is 42.0 Å². The summed E-state index contributed by atoms with van der Waals surface area (Å²) >= 11 is 12.1. The quantitative estimate of drug-likeness (QED) is 0.445. The molecule has 3 aromatic rings. The lowest BCUT2D eigenvalue weighted by molar-refractivity contribution is -0.0319. The van der Waals surface area contributed by atoms with Gasteiger partial charge < -0.3 is 14.0 Å². The average molecular weight is 488 g/mol. The topological polar surface area (TPSA) is 78.6 Å². The maximum absolute atomic E-state index is 6.22. The van der Waals surface area contributed by atoms with Gasteiger partial charge in [0.15, 0.2) is 17.1 Å². The van der Waals surface area contributed by atoms with Gasteiger partial charge in [-0.25, -0.2) is 0 Å². The lowest BCUT2D eigenvalue weighted by Crippen LogP contribution is -2.24. The molecule has 1 aliphatic heterocycles. The van der Waals surface area contributed by atoms with Crippen molar-refractivity contribution in [2.45, 2.75) is 44.3 Å². The van der Waals surface area contributed by atoms with Gasteiger partial charge in [0, 0.05) is 11.1 Å². The Labute approximate surface area is 201 Å². The van der Waals surface area contributed by atoms with Gasteiger partial charge in [-0.1, -0.05) is 28.4 Å². The molecule has 1 unspecified atom stereocenters. The van der Waals surface area contributed by atoms with Gasteiger partial charge in [0.1, 0.15) is 0 Å². The van der Waals surface area contributed by atoms with E-state index in [0.717, 1.165) is 29.9 Å². The van der Waals surface area contributed by atoms with Crippen molar-refractivity contribution < 1.29 is 18.8 Å². The normalized spacial score (nSPS) is 20.5. The number of hydroxylamine groups is 1. The molecule has 0 radical (unpaired) electrons. The Kier molecular flexibility index (Phi) is 5.95. The molecule has 1 aliphatic carbocycles. The minimum Gasteiger partial charge on any atom is -0.493 e. The zero-order chi connectivity index (χ0) is 23.0. The number of halogens is 2. The Morgan fingerprint density at radius 1 is 1.03 bits per heavy atom. The predicted octanol–water partition coefficient (Wildman–Crippen LogP) is 6.16. The van der Waals surface area contributed by atoms with E-state index >= 15 is 0 Å². The summed E-state index contributed by atoms with van der Waals surface area (Å²) in [7, 11) is 1.64. The van der Waals surface area contributed by atoms with Crippen LogP contribution in [-0.2, 0) is 10.4 Å². The van der Waals surface area contributed by atoms with Crippen LogP contribution in [0.25, 0.3) is 17.2 Å². The van der Waals surface area contributed by atoms with Crippen LogP contribution >= 0.6 is 23.2 Å². The van der Waals surface area contributed by atoms with E-state index in [-0.39, 0.29) is 6.10 Å². The highest BCUT2D eigenvalue weighted by molar-refractivity contribution is 6.42. The molecule has 2 aliphatic rings. The molecule has 2 heterocycles. The van der Waals surface area contributed by atoms with E-state index in [2.05, 4.69) is 15.6 Å². The minimum atomic E-state index is -0.931. The van der Waals surface area contributed by atoms with E-state index in [1.165, 1.54) is 12.8 Å². The second-order valence-corrected chi connectivity index (χ2v) is 9.13. The van der Waals surface area contributed by atoms with Crippen molar-refractivity contribution in [2.75, 3.05) is 7.11 Å². The highest BCUT2D eigenvalue weighted by Gasteiger charge is 2.37. The Hall–Kier alpha value is -2.74. The number of ether oxygens (including phenoxy) is 2. The molecule has 0 spiro atoms. The third-order valence-corrected chi connectivity index (χ3v) is 6.64. The van der Waals surface area contributed by atoms with Gasteiger partial charge in [-0.15, -0.1) is 0 Å². The molecule has 9 heteroatoms. The first-order chi connectivity index (χ1) is 15.9. The van der Waals surface area contributed by atoms with Gasteiger partial charge in [0.05, 0.1) is 29.0 Å². The van der Waals surface area contributed by atoms with Gasteiger partial charge >= 0.3 is 0 Å². The maximum Gasteiger partial charge on any atom is 0.258 e. The van der Waals surface area contributed by atoms with Crippen molar-refractivity contribution in [1.82, 2.24) is 15.6 Å². The van der Waals surface area contributed by atoms with Gasteiger partial charge in [-0.3, -0.25) is 10.3 Å². The van der Waals surface area contributed by atoms with Crippen molar-refractivity contribution >= 4 is 28.9 Å². The number of aromatic nitrogens is 2. The van der Waals surface area contributed by atoms with Crippen LogP contribution in [0, 0.1) is 0 Å². The Morgan fingerprint density at radius 2 is 1.82 bits per heavy atom. The number of methoxy groups -OCH3 is 1. The van der Waals surface area contributed by atoms with E-state index in [9.17, 15) is 0 Å². The molecule has 7 nitrogen and oxygen atoms in total. The third-order valence-electron chi connectivity index (χ3n) is 5.90. The van der Waals surface area contributed by atoms with Crippen LogP contribution in [0.15, 0.2) is 47.0 Å². The third kappa shape index (κ3) is 4.40. The summed E-state index contributed by atoms with van der Waals surface area (Å²) in [6.07, 6.45) is 6.65. The Balaban J connectivity index is 1.41. The van der Waals surface area contributed by atoms with E-state index < -0.39 is 5.60 Å². The standard InChI is InChI=1S/C24H23Cl2N3O4/c1-24(23-27-22(32-29-23)15-7-9-17(25)18(26)11-15)13-19(28-33-24)14-8-10-20(30-2)21(12-14)31-16-5-3-4-6-16/h7-13,16,28H,3-6H2,1-2H3. The average Bonchev–Trinajstić information content (AvgIpc) is 3.57. The molecular formula is C24H23Cl2N3O4. The largest absolute Gasteiger partial charge is 0.493 e. The summed E-state index contributed by atoms with van der Waals surface area (Å²) in [6, 6.07) is 10.9. The van der Waals surface area contributed by atoms with Crippen LogP contribution in [0.5, 0.6) is 11.5 Å². The monoisotopic (exact) mass is 487 g/mol. The van der Waals surface area contributed by atoms with E-state index in [1.807, 2.05) is 31.2 Å². The molecule has 2 aromatic carbocycles. The zero-order valence-corrected chi connectivity index (χ0v) is 19.7. The molecular weight excluding hydrogens is 465 g/mol. The van der Waals surface area contributed by atoms with E-state index in [0.29, 0.717) is 33.1 Å². The summed E-state index contributed by atoms with van der Waals surface area (Å²) in [4.78, 5) is 10.4. The highest BCUT2D eigenvalue weighted by Crippen LogP contribution is 2.38. The van der Waals surface area contributed by atoms with Crippen LogP contribution in [0.3, 0.4) is 0 Å². The number of nitrogens with one attached hydrogen (secondary N) is 1. The van der Waals surface area contributed by atoms with Crippen LogP contribution in [0.2, 0.25) is 10.0 Å². The van der Waals surface area contributed by atoms with Gasteiger partial charge in [0.2, 0.25) is 5.82 Å². The second kappa shape index (κ2) is 8.89. The zero-order valence-electron chi connectivity index (χ0n) is 18.2. The first-order valence-corrected chi connectivity index (χ1v) is 11.5. The first kappa shape index (κ1) is 22.1. The molecule has 1 aromatic heterocycles.